The van der Waals surface area contributed by atoms with Crippen LogP contribution in [-0.2, 0) is 9.53 Å². The van der Waals surface area contributed by atoms with Crippen molar-refractivity contribution in [2.75, 3.05) is 44.7 Å². The van der Waals surface area contributed by atoms with Crippen LogP contribution in [-0.4, -0.2) is 90.1 Å². The van der Waals surface area contributed by atoms with Gasteiger partial charge in [0, 0.05) is 29.2 Å². The van der Waals surface area contributed by atoms with E-state index in [1.807, 2.05) is 9.80 Å². The quantitative estimate of drug-likeness (QED) is 0.690. The average molecular weight is 497 g/mol. The largest absolute Gasteiger partial charge is 0.377 e. The van der Waals surface area contributed by atoms with Crippen LogP contribution in [0.25, 0.3) is 0 Å². The Kier molecular flexibility index (Phi) is 6.23. The Morgan fingerprint density at radius 1 is 1.26 bits per heavy atom. The van der Waals surface area contributed by atoms with E-state index in [0.717, 1.165) is 0 Å². The third-order valence-corrected chi connectivity index (χ3v) is 8.20. The number of hydrogen-bond acceptors (Lipinski definition) is 4. The van der Waals surface area contributed by atoms with Crippen LogP contribution in [0.2, 0.25) is 5.02 Å². The summed E-state index contributed by atoms with van der Waals surface area (Å²) in [5.74, 6) is -2.77. The van der Waals surface area contributed by atoms with Crippen LogP contribution < -0.4 is 5.32 Å². The molecule has 3 heterocycles. The number of benzene rings is 1. The first-order valence-corrected chi connectivity index (χ1v) is 12.4. The van der Waals surface area contributed by atoms with E-state index < -0.39 is 17.4 Å². The van der Waals surface area contributed by atoms with Crippen LogP contribution in [0.4, 0.5) is 19.3 Å². The second-order valence-corrected chi connectivity index (χ2v) is 10.6. The summed E-state index contributed by atoms with van der Waals surface area (Å²) in [4.78, 5) is 31.4. The molecule has 3 aliphatic heterocycles. The van der Waals surface area contributed by atoms with Crippen molar-refractivity contribution in [2.45, 2.75) is 56.7 Å². The molecule has 0 bridgehead atoms. The highest BCUT2D eigenvalue weighted by Crippen LogP contribution is 2.61. The molecule has 1 saturated carbocycles. The summed E-state index contributed by atoms with van der Waals surface area (Å²) >= 11 is 6.00. The molecule has 1 aliphatic carbocycles. The normalized spacial score (nSPS) is 30.2. The van der Waals surface area contributed by atoms with Gasteiger partial charge < -0.3 is 19.9 Å². The smallest absolute Gasteiger partial charge is 0.322 e. The van der Waals surface area contributed by atoms with E-state index in [-0.39, 0.29) is 30.6 Å². The van der Waals surface area contributed by atoms with Gasteiger partial charge in [0.05, 0.1) is 31.8 Å². The lowest BCUT2D eigenvalue weighted by molar-refractivity contribution is -0.160. The number of ether oxygens (including phenoxy) is 1. The fourth-order valence-corrected chi connectivity index (χ4v) is 5.84. The molecule has 3 saturated heterocycles. The monoisotopic (exact) mass is 496 g/mol. The van der Waals surface area contributed by atoms with Gasteiger partial charge in [-0.1, -0.05) is 17.7 Å². The minimum Gasteiger partial charge on any atom is -0.377 e. The number of nitrogens with one attached hydrogen (secondary N) is 1. The highest BCUT2D eigenvalue weighted by molar-refractivity contribution is 6.30. The highest BCUT2D eigenvalue weighted by Gasteiger charge is 2.63. The maximum absolute atomic E-state index is 14.6. The van der Waals surface area contributed by atoms with E-state index in [2.05, 4.69) is 5.32 Å². The third kappa shape index (κ3) is 4.38. The fourth-order valence-electron chi connectivity index (χ4n) is 5.65. The molecule has 1 N–H and O–H groups in total. The molecule has 1 aromatic carbocycles. The van der Waals surface area contributed by atoms with Crippen molar-refractivity contribution in [1.82, 2.24) is 14.7 Å². The number of alkyl halides is 2. The Hall–Kier alpha value is -1.97. The standard InChI is InChI=1S/C24H31ClF2N4O3/c1-16-21(32)31-19(5-9-29-10-8-23(6-7-23)24(26,27)15-29)13-34-14-20(31)12-30(16)22(33)28-18-4-2-3-17(25)11-18/h2-4,11,16,19-20H,5-10,12-15H2,1H3,(H,28,33)/t16-,19-,20+/m0/s1. The van der Waals surface area contributed by atoms with Crippen molar-refractivity contribution in [2.24, 2.45) is 5.41 Å². The second-order valence-electron chi connectivity index (χ2n) is 10.2. The minimum atomic E-state index is -2.64. The zero-order valence-electron chi connectivity index (χ0n) is 19.3. The zero-order chi connectivity index (χ0) is 24.1. The summed E-state index contributed by atoms with van der Waals surface area (Å²) in [6, 6.07) is 5.41. The Morgan fingerprint density at radius 2 is 2.06 bits per heavy atom. The van der Waals surface area contributed by atoms with Crippen LogP contribution in [0, 0.1) is 5.41 Å². The van der Waals surface area contributed by atoms with E-state index in [0.29, 0.717) is 69.2 Å². The molecule has 4 fully saturated rings. The molecule has 0 aromatic heterocycles. The van der Waals surface area contributed by atoms with Crippen molar-refractivity contribution in [3.63, 3.8) is 0 Å². The van der Waals surface area contributed by atoms with Gasteiger partial charge in [0.15, 0.2) is 0 Å². The van der Waals surface area contributed by atoms with Crippen LogP contribution in [0.1, 0.15) is 32.6 Å². The van der Waals surface area contributed by atoms with Gasteiger partial charge in [0.1, 0.15) is 6.04 Å². The molecule has 186 valence electrons. The van der Waals surface area contributed by atoms with Crippen LogP contribution >= 0.6 is 11.6 Å². The number of likely N-dealkylation sites (tertiary alicyclic amines) is 1. The van der Waals surface area contributed by atoms with Crippen LogP contribution in [0.3, 0.4) is 0 Å². The summed E-state index contributed by atoms with van der Waals surface area (Å²) in [7, 11) is 0. The minimum absolute atomic E-state index is 0.133. The Morgan fingerprint density at radius 3 is 2.76 bits per heavy atom. The first-order valence-electron chi connectivity index (χ1n) is 12.0. The molecule has 0 unspecified atom stereocenters. The van der Waals surface area contributed by atoms with Gasteiger partial charge in [0.2, 0.25) is 5.91 Å². The number of rotatable bonds is 4. The lowest BCUT2D eigenvalue weighted by atomic mass is 9.89. The van der Waals surface area contributed by atoms with Gasteiger partial charge in [-0.3, -0.25) is 9.69 Å². The second kappa shape index (κ2) is 8.91. The lowest BCUT2D eigenvalue weighted by Crippen LogP contribution is -2.68. The number of nitrogens with zero attached hydrogens (tertiary/aromatic N) is 3. The van der Waals surface area contributed by atoms with E-state index in [9.17, 15) is 18.4 Å². The molecule has 1 aromatic rings. The molecule has 5 rings (SSSR count). The van der Waals surface area contributed by atoms with Crippen LogP contribution in [0.5, 0.6) is 0 Å². The third-order valence-electron chi connectivity index (χ3n) is 7.97. The maximum atomic E-state index is 14.6. The molecule has 34 heavy (non-hydrogen) atoms. The van der Waals surface area contributed by atoms with Gasteiger partial charge in [-0.05, 0) is 57.4 Å². The number of fused-ring (bicyclic) bond motifs is 1. The van der Waals surface area contributed by atoms with E-state index in [1.165, 1.54) is 4.90 Å². The number of halogens is 3. The van der Waals surface area contributed by atoms with E-state index in [4.69, 9.17) is 16.3 Å². The number of hydrogen-bond donors (Lipinski definition) is 1. The number of morpholine rings is 1. The number of amides is 3. The van der Waals surface area contributed by atoms with Crippen molar-refractivity contribution in [1.29, 1.82) is 0 Å². The first kappa shape index (κ1) is 23.8. The molecule has 3 amide bonds. The van der Waals surface area contributed by atoms with Gasteiger partial charge >= 0.3 is 6.03 Å². The van der Waals surface area contributed by atoms with E-state index >= 15 is 0 Å². The Balaban J connectivity index is 1.20. The van der Waals surface area contributed by atoms with E-state index in [1.54, 1.807) is 31.2 Å². The molecular formula is C24H31ClF2N4O3. The van der Waals surface area contributed by atoms with Gasteiger partial charge in [-0.25, -0.2) is 13.6 Å². The van der Waals surface area contributed by atoms with Crippen molar-refractivity contribution in [3.8, 4) is 0 Å². The summed E-state index contributed by atoms with van der Waals surface area (Å²) < 4.78 is 34.9. The maximum Gasteiger partial charge on any atom is 0.322 e. The lowest BCUT2D eigenvalue weighted by Gasteiger charge is -2.50. The Bertz CT molecular complexity index is 960. The number of piperazine rings is 1. The predicted octanol–water partition coefficient (Wildman–Crippen LogP) is 3.68. The summed E-state index contributed by atoms with van der Waals surface area (Å²) in [6.07, 6.45) is 2.38. The summed E-state index contributed by atoms with van der Waals surface area (Å²) in [5, 5.41) is 3.32. The van der Waals surface area contributed by atoms with Gasteiger partial charge in [-0.2, -0.15) is 0 Å². The number of carbonyl (C=O) groups excluding carboxylic acids is 2. The van der Waals surface area contributed by atoms with Crippen molar-refractivity contribution in [3.05, 3.63) is 29.3 Å². The molecule has 3 atom stereocenters. The van der Waals surface area contributed by atoms with Crippen molar-refractivity contribution >= 4 is 29.2 Å². The SMILES string of the molecule is C[C@H]1C(=O)N2[C@@H](CCN3CCC4(CC4)C(F)(F)C3)COC[C@H]2CN1C(=O)Nc1cccc(Cl)c1. The number of carbonyl (C=O) groups is 2. The molecule has 7 nitrogen and oxygen atoms in total. The number of urea groups is 1. The molecular weight excluding hydrogens is 466 g/mol. The molecule has 0 radical (unpaired) electrons. The van der Waals surface area contributed by atoms with Crippen LogP contribution in [0.15, 0.2) is 24.3 Å². The predicted molar refractivity (Wildman–Crippen MR) is 124 cm³/mol. The van der Waals surface area contributed by atoms with Gasteiger partial charge in [-0.15, -0.1) is 0 Å². The first-order chi connectivity index (χ1) is 16.2. The average Bonchev–Trinajstić information content (AvgIpc) is 3.58. The fraction of sp³-hybridized carbons (Fsp3) is 0.667. The molecule has 10 heteroatoms. The van der Waals surface area contributed by atoms with Crippen molar-refractivity contribution < 1.29 is 23.1 Å². The number of piperidine rings is 1. The number of anilines is 1. The summed E-state index contributed by atoms with van der Waals surface area (Å²) in [5.41, 5.74) is -0.195. The molecule has 1 spiro atoms. The highest BCUT2D eigenvalue weighted by atomic mass is 35.5. The molecule has 4 aliphatic rings. The Labute approximate surface area is 203 Å². The van der Waals surface area contributed by atoms with Gasteiger partial charge in [0.25, 0.3) is 5.92 Å². The summed E-state index contributed by atoms with van der Waals surface area (Å²) in [6.45, 7) is 3.78. The zero-order valence-corrected chi connectivity index (χ0v) is 20.1. The topological polar surface area (TPSA) is 65.1 Å².